The van der Waals surface area contributed by atoms with E-state index in [4.69, 9.17) is 4.74 Å². The van der Waals surface area contributed by atoms with Crippen molar-refractivity contribution in [2.75, 3.05) is 0 Å². The smallest absolute Gasteiger partial charge is 0.131 e. The van der Waals surface area contributed by atoms with Gasteiger partial charge in [0.15, 0.2) is 0 Å². The van der Waals surface area contributed by atoms with Gasteiger partial charge in [0.2, 0.25) is 0 Å². The van der Waals surface area contributed by atoms with Crippen molar-refractivity contribution in [1.29, 1.82) is 0 Å². The van der Waals surface area contributed by atoms with Crippen molar-refractivity contribution in [2.45, 2.75) is 84.7 Å². The van der Waals surface area contributed by atoms with E-state index in [9.17, 15) is 5.11 Å². The summed E-state index contributed by atoms with van der Waals surface area (Å²) in [5.74, 6) is 1.50. The molecule has 1 aliphatic carbocycles. The number of allylic oxidation sites excluding steroid dienone is 2. The number of unbranched alkanes of at least 4 members (excludes halogenated alkanes) is 2. The summed E-state index contributed by atoms with van der Waals surface area (Å²) in [6.45, 7) is 8.58. The number of aryl methyl sites for hydroxylation is 1. The largest absolute Gasteiger partial charge is 0.507 e. The highest BCUT2D eigenvalue weighted by atomic mass is 32.1. The zero-order valence-electron chi connectivity index (χ0n) is 19.9. The van der Waals surface area contributed by atoms with Crippen LogP contribution in [0.3, 0.4) is 0 Å². The fourth-order valence-electron chi connectivity index (χ4n) is 4.90. The lowest BCUT2D eigenvalue weighted by Crippen LogP contribution is -2.12. The molecule has 0 spiro atoms. The normalized spacial score (nSPS) is 16.5. The first-order valence-electron chi connectivity index (χ1n) is 12.2. The maximum atomic E-state index is 11.8. The summed E-state index contributed by atoms with van der Waals surface area (Å²) in [4.78, 5) is 1.16. The van der Waals surface area contributed by atoms with Crippen LogP contribution < -0.4 is 4.74 Å². The van der Waals surface area contributed by atoms with E-state index >= 15 is 0 Å². The number of thiophene rings is 1. The second-order valence-electron chi connectivity index (χ2n) is 9.46. The first kappa shape index (κ1) is 22.9. The highest BCUT2D eigenvalue weighted by Gasteiger charge is 2.27. The fourth-order valence-corrected chi connectivity index (χ4v) is 6.05. The topological polar surface area (TPSA) is 29.5 Å². The number of hydrogen-bond donors (Lipinski definition) is 1. The van der Waals surface area contributed by atoms with Crippen molar-refractivity contribution in [3.63, 3.8) is 0 Å². The number of benzene rings is 2. The Morgan fingerprint density at radius 3 is 2.69 bits per heavy atom. The van der Waals surface area contributed by atoms with Crippen molar-refractivity contribution >= 4 is 21.4 Å². The van der Waals surface area contributed by atoms with Crippen molar-refractivity contribution in [3.05, 3.63) is 59.2 Å². The fraction of sp³-hybridized carbons (Fsp3) is 0.448. The molecule has 170 valence electrons. The lowest BCUT2D eigenvalue weighted by Gasteiger charge is -2.26. The number of phenols is 1. The van der Waals surface area contributed by atoms with Gasteiger partial charge in [0.1, 0.15) is 11.5 Å². The molecule has 0 saturated heterocycles. The Hall–Kier alpha value is -2.26. The van der Waals surface area contributed by atoms with E-state index in [0.29, 0.717) is 5.75 Å². The Morgan fingerprint density at radius 2 is 1.97 bits per heavy atom. The van der Waals surface area contributed by atoms with Crippen LogP contribution in [-0.2, 0) is 6.42 Å². The van der Waals surface area contributed by atoms with Gasteiger partial charge in [-0.25, -0.2) is 0 Å². The Bertz CT molecular complexity index is 1070. The Morgan fingerprint density at radius 1 is 1.16 bits per heavy atom. The molecule has 32 heavy (non-hydrogen) atoms. The summed E-state index contributed by atoms with van der Waals surface area (Å²) in [5, 5.41) is 13.1. The van der Waals surface area contributed by atoms with Gasteiger partial charge in [-0.2, -0.15) is 0 Å². The number of rotatable bonds is 8. The second kappa shape index (κ2) is 10.1. The van der Waals surface area contributed by atoms with Crippen LogP contribution in [0.2, 0.25) is 0 Å². The van der Waals surface area contributed by atoms with Crippen LogP contribution in [0.5, 0.6) is 11.5 Å². The maximum absolute atomic E-state index is 11.8. The Labute approximate surface area is 196 Å². The number of fused-ring (bicyclic) bond motifs is 1. The van der Waals surface area contributed by atoms with E-state index in [0.717, 1.165) is 53.9 Å². The predicted octanol–water partition coefficient (Wildman–Crippen LogP) is 9.01. The molecule has 3 heteroatoms. The van der Waals surface area contributed by atoms with Gasteiger partial charge >= 0.3 is 0 Å². The third-order valence-electron chi connectivity index (χ3n) is 6.41. The van der Waals surface area contributed by atoms with Crippen molar-refractivity contribution < 1.29 is 9.84 Å². The van der Waals surface area contributed by atoms with Crippen LogP contribution in [0.25, 0.3) is 20.5 Å². The quantitative estimate of drug-likeness (QED) is 0.275. The second-order valence-corrected chi connectivity index (χ2v) is 10.5. The van der Waals surface area contributed by atoms with E-state index in [-0.39, 0.29) is 12.0 Å². The van der Waals surface area contributed by atoms with E-state index in [2.05, 4.69) is 70.2 Å². The molecule has 0 fully saturated rings. The summed E-state index contributed by atoms with van der Waals surface area (Å²) in [7, 11) is 0. The summed E-state index contributed by atoms with van der Waals surface area (Å²) in [5.41, 5.74) is 4.61. The number of aromatic hydroxyl groups is 1. The molecule has 1 heterocycles. The maximum Gasteiger partial charge on any atom is 0.131 e. The van der Waals surface area contributed by atoms with Gasteiger partial charge in [-0.3, -0.25) is 0 Å². The van der Waals surface area contributed by atoms with Crippen molar-refractivity contribution in [1.82, 2.24) is 0 Å². The zero-order chi connectivity index (χ0) is 22.7. The molecule has 0 bridgehead atoms. The molecule has 4 rings (SSSR count). The van der Waals surface area contributed by atoms with Crippen molar-refractivity contribution in [2.24, 2.45) is 0 Å². The number of phenolic OH excluding ortho intramolecular Hbond substituents is 1. The molecule has 0 amide bonds. The molecule has 2 nitrogen and oxygen atoms in total. The summed E-state index contributed by atoms with van der Waals surface area (Å²) in [6.07, 6.45) is 10.2. The SMILES string of the molecule is CCCCCc1cc(OC(C)C)c([C@@H]2C=C(C)CCC2)c(O)c1-c1cc2ccccc2s1. The molecule has 3 aromatic rings. The highest BCUT2D eigenvalue weighted by molar-refractivity contribution is 7.22. The van der Waals surface area contributed by atoms with E-state index in [1.54, 1.807) is 11.3 Å². The van der Waals surface area contributed by atoms with Crippen LogP contribution in [0, 0.1) is 0 Å². The molecule has 0 radical (unpaired) electrons. The molecule has 1 N–H and O–H groups in total. The molecule has 1 atom stereocenters. The monoisotopic (exact) mass is 448 g/mol. The van der Waals surface area contributed by atoms with Gasteiger partial charge in [0.25, 0.3) is 0 Å². The lowest BCUT2D eigenvalue weighted by molar-refractivity contribution is 0.237. The number of hydrogen-bond acceptors (Lipinski definition) is 3. The van der Waals surface area contributed by atoms with Gasteiger partial charge in [-0.1, -0.05) is 49.6 Å². The molecule has 0 saturated carbocycles. The van der Waals surface area contributed by atoms with Crippen molar-refractivity contribution in [3.8, 4) is 21.9 Å². The first-order valence-corrected chi connectivity index (χ1v) is 13.0. The van der Waals surface area contributed by atoms with Crippen LogP contribution >= 0.6 is 11.3 Å². The Kier molecular flexibility index (Phi) is 7.25. The molecule has 1 aliphatic rings. The molecule has 1 aromatic heterocycles. The highest BCUT2D eigenvalue weighted by Crippen LogP contribution is 2.50. The summed E-state index contributed by atoms with van der Waals surface area (Å²) >= 11 is 1.78. The molecular weight excluding hydrogens is 412 g/mol. The van der Waals surface area contributed by atoms with E-state index in [1.165, 1.54) is 34.1 Å². The Balaban J connectivity index is 1.92. The summed E-state index contributed by atoms with van der Waals surface area (Å²) in [6, 6.07) is 13.0. The molecule has 0 aliphatic heterocycles. The zero-order valence-corrected chi connectivity index (χ0v) is 20.7. The van der Waals surface area contributed by atoms with Crippen LogP contribution in [-0.4, -0.2) is 11.2 Å². The predicted molar refractivity (Wildman–Crippen MR) is 138 cm³/mol. The van der Waals surface area contributed by atoms with Gasteiger partial charge in [0.05, 0.1) is 6.10 Å². The third kappa shape index (κ3) is 4.88. The van der Waals surface area contributed by atoms with Crippen LogP contribution in [0.1, 0.15) is 83.3 Å². The summed E-state index contributed by atoms with van der Waals surface area (Å²) < 4.78 is 7.59. The lowest BCUT2D eigenvalue weighted by atomic mass is 9.83. The first-order chi connectivity index (χ1) is 15.5. The molecule has 0 unspecified atom stereocenters. The standard InChI is InChI=1S/C29H36O2S/c1-5-6-7-13-23-17-24(31-19(2)3)27(22-14-10-11-20(4)16-22)29(30)28(23)26-18-21-12-8-9-15-25(21)32-26/h8-9,12,15-19,22,30H,5-7,10-11,13-14H2,1-4H3/t22-/m0/s1. The minimum atomic E-state index is 0.0699. The molecular formula is C29H36O2S. The van der Waals surface area contributed by atoms with Gasteiger partial charge in [0, 0.05) is 26.6 Å². The molecule has 2 aromatic carbocycles. The van der Waals surface area contributed by atoms with Crippen LogP contribution in [0.4, 0.5) is 0 Å². The average molecular weight is 449 g/mol. The van der Waals surface area contributed by atoms with Gasteiger partial charge in [-0.15, -0.1) is 11.3 Å². The van der Waals surface area contributed by atoms with E-state index in [1.807, 2.05) is 0 Å². The minimum absolute atomic E-state index is 0.0699. The van der Waals surface area contributed by atoms with Gasteiger partial charge in [-0.05, 0) is 82.0 Å². The number of ether oxygens (including phenoxy) is 1. The average Bonchev–Trinajstić information content (AvgIpc) is 3.17. The minimum Gasteiger partial charge on any atom is -0.507 e. The van der Waals surface area contributed by atoms with Crippen LogP contribution in [0.15, 0.2) is 48.0 Å². The van der Waals surface area contributed by atoms with Gasteiger partial charge < -0.3 is 9.84 Å². The third-order valence-corrected chi connectivity index (χ3v) is 7.54. The van der Waals surface area contributed by atoms with E-state index < -0.39 is 0 Å².